The van der Waals surface area contributed by atoms with E-state index in [-0.39, 0.29) is 6.03 Å². The van der Waals surface area contributed by atoms with Crippen LogP contribution in [0.4, 0.5) is 10.5 Å². The van der Waals surface area contributed by atoms with E-state index < -0.39 is 0 Å². The van der Waals surface area contributed by atoms with Crippen LogP contribution in [-0.2, 0) is 4.74 Å². The molecule has 19 heavy (non-hydrogen) atoms. The van der Waals surface area contributed by atoms with Gasteiger partial charge in [-0.15, -0.1) is 0 Å². The lowest BCUT2D eigenvalue weighted by atomic mass is 10.2. The van der Waals surface area contributed by atoms with E-state index in [2.05, 4.69) is 10.6 Å². The molecule has 3 N–H and O–H groups in total. The summed E-state index contributed by atoms with van der Waals surface area (Å²) in [5.74, 6) is 0. The molecule has 0 unspecified atom stereocenters. The van der Waals surface area contributed by atoms with Crippen molar-refractivity contribution in [3.63, 3.8) is 0 Å². The van der Waals surface area contributed by atoms with Crippen LogP contribution in [0.1, 0.15) is 5.56 Å². The Morgan fingerprint density at radius 2 is 2.16 bits per heavy atom. The Balaban J connectivity index is 1.67. The van der Waals surface area contributed by atoms with Crippen LogP contribution in [0.2, 0.25) is 0 Å². The molecule has 5 heteroatoms. The largest absolute Gasteiger partial charge is 0.370 e. The summed E-state index contributed by atoms with van der Waals surface area (Å²) < 4.78 is 5.30. The maximum atomic E-state index is 11.7. The van der Waals surface area contributed by atoms with Gasteiger partial charge in [0.15, 0.2) is 0 Å². The number of rotatable bonds is 4. The fraction of sp³-hybridized carbons (Fsp3) is 0.500. The molecular formula is C14H22N3O2+. The molecule has 1 aliphatic heterocycles. The first-order chi connectivity index (χ1) is 9.24. The number of quaternary nitrogens is 1. The zero-order chi connectivity index (χ0) is 13.5. The first kappa shape index (κ1) is 13.8. The van der Waals surface area contributed by atoms with Gasteiger partial charge in [-0.1, -0.05) is 12.1 Å². The maximum Gasteiger partial charge on any atom is 0.319 e. The lowest BCUT2D eigenvalue weighted by Crippen LogP contribution is -3.14. The molecule has 2 rings (SSSR count). The van der Waals surface area contributed by atoms with E-state index in [1.807, 2.05) is 31.2 Å². The maximum absolute atomic E-state index is 11.7. The fourth-order valence-electron chi connectivity index (χ4n) is 2.16. The molecule has 1 fully saturated rings. The fourth-order valence-corrected chi connectivity index (χ4v) is 2.16. The minimum absolute atomic E-state index is 0.141. The highest BCUT2D eigenvalue weighted by atomic mass is 16.5. The summed E-state index contributed by atoms with van der Waals surface area (Å²) in [6.07, 6.45) is 0. The summed E-state index contributed by atoms with van der Waals surface area (Å²) in [5.41, 5.74) is 1.96. The molecule has 1 aliphatic rings. The van der Waals surface area contributed by atoms with Gasteiger partial charge in [0.05, 0.1) is 26.3 Å². The second-order valence-corrected chi connectivity index (χ2v) is 4.86. The molecular weight excluding hydrogens is 242 g/mol. The number of benzene rings is 1. The number of morpholine rings is 1. The zero-order valence-corrected chi connectivity index (χ0v) is 11.4. The predicted molar refractivity (Wildman–Crippen MR) is 74.6 cm³/mol. The summed E-state index contributed by atoms with van der Waals surface area (Å²) in [6, 6.07) is 7.64. The van der Waals surface area contributed by atoms with Gasteiger partial charge >= 0.3 is 6.03 Å². The van der Waals surface area contributed by atoms with Crippen molar-refractivity contribution in [1.29, 1.82) is 0 Å². The van der Waals surface area contributed by atoms with Crippen molar-refractivity contribution in [1.82, 2.24) is 5.32 Å². The molecule has 0 saturated carbocycles. The Morgan fingerprint density at radius 1 is 1.37 bits per heavy atom. The van der Waals surface area contributed by atoms with Crippen LogP contribution in [0.25, 0.3) is 0 Å². The van der Waals surface area contributed by atoms with Crippen molar-refractivity contribution in [2.75, 3.05) is 44.7 Å². The number of carbonyl (C=O) groups is 1. The summed E-state index contributed by atoms with van der Waals surface area (Å²) in [7, 11) is 0. The van der Waals surface area contributed by atoms with Gasteiger partial charge in [0.1, 0.15) is 13.1 Å². The van der Waals surface area contributed by atoms with Crippen molar-refractivity contribution in [2.45, 2.75) is 6.92 Å². The second kappa shape index (κ2) is 7.11. The minimum atomic E-state index is -0.141. The van der Waals surface area contributed by atoms with Crippen LogP contribution < -0.4 is 15.5 Å². The third-order valence-corrected chi connectivity index (χ3v) is 3.24. The summed E-state index contributed by atoms with van der Waals surface area (Å²) in [5, 5.41) is 5.72. The number of urea groups is 1. The third kappa shape index (κ3) is 4.89. The highest BCUT2D eigenvalue weighted by Gasteiger charge is 2.13. The van der Waals surface area contributed by atoms with Gasteiger partial charge in [-0.2, -0.15) is 0 Å². The molecule has 0 radical (unpaired) electrons. The minimum Gasteiger partial charge on any atom is -0.370 e. The Morgan fingerprint density at radius 3 is 2.89 bits per heavy atom. The van der Waals surface area contributed by atoms with E-state index >= 15 is 0 Å². The average molecular weight is 264 g/mol. The third-order valence-electron chi connectivity index (χ3n) is 3.24. The summed E-state index contributed by atoms with van der Waals surface area (Å²) in [4.78, 5) is 13.2. The average Bonchev–Trinajstić information content (AvgIpc) is 2.40. The van der Waals surface area contributed by atoms with Crippen LogP contribution >= 0.6 is 0 Å². The van der Waals surface area contributed by atoms with Gasteiger partial charge in [-0.25, -0.2) is 4.79 Å². The van der Waals surface area contributed by atoms with E-state index in [1.165, 1.54) is 4.90 Å². The lowest BCUT2D eigenvalue weighted by molar-refractivity contribution is -0.906. The smallest absolute Gasteiger partial charge is 0.319 e. The first-order valence-electron chi connectivity index (χ1n) is 6.77. The van der Waals surface area contributed by atoms with E-state index in [1.54, 1.807) is 0 Å². The van der Waals surface area contributed by atoms with Crippen molar-refractivity contribution >= 4 is 11.7 Å². The molecule has 0 spiro atoms. The van der Waals surface area contributed by atoms with Gasteiger partial charge in [-0.3, -0.25) is 0 Å². The van der Waals surface area contributed by atoms with Crippen LogP contribution in [0.5, 0.6) is 0 Å². The van der Waals surface area contributed by atoms with Crippen molar-refractivity contribution in [3.05, 3.63) is 29.8 Å². The number of carbonyl (C=O) groups excluding carboxylic acids is 1. The van der Waals surface area contributed by atoms with Gasteiger partial charge in [0.25, 0.3) is 0 Å². The Kier molecular flexibility index (Phi) is 5.18. The molecule has 1 aromatic rings. The highest BCUT2D eigenvalue weighted by Crippen LogP contribution is 2.08. The van der Waals surface area contributed by atoms with Crippen LogP contribution in [0.15, 0.2) is 24.3 Å². The monoisotopic (exact) mass is 264 g/mol. The van der Waals surface area contributed by atoms with E-state index in [9.17, 15) is 4.79 Å². The zero-order valence-electron chi connectivity index (χ0n) is 11.4. The van der Waals surface area contributed by atoms with Crippen molar-refractivity contribution in [3.8, 4) is 0 Å². The Bertz CT molecular complexity index is 417. The number of ether oxygens (including phenoxy) is 1. The SMILES string of the molecule is Cc1cccc(NC(=O)NCC[NH+]2CCOCC2)c1. The number of hydrogen-bond donors (Lipinski definition) is 3. The molecule has 1 heterocycles. The van der Waals surface area contributed by atoms with E-state index in [4.69, 9.17) is 4.74 Å². The number of anilines is 1. The molecule has 0 aromatic heterocycles. The first-order valence-corrected chi connectivity index (χ1v) is 6.77. The molecule has 0 bridgehead atoms. The van der Waals surface area contributed by atoms with E-state index in [0.29, 0.717) is 6.54 Å². The van der Waals surface area contributed by atoms with Crippen LogP contribution in [0.3, 0.4) is 0 Å². The summed E-state index contributed by atoms with van der Waals surface area (Å²) in [6.45, 7) is 7.35. The van der Waals surface area contributed by atoms with Gasteiger partial charge in [0.2, 0.25) is 0 Å². The number of nitrogens with one attached hydrogen (secondary N) is 3. The number of hydrogen-bond acceptors (Lipinski definition) is 2. The standard InChI is InChI=1S/C14H21N3O2/c1-12-3-2-4-13(11-12)16-14(18)15-5-6-17-7-9-19-10-8-17/h2-4,11H,5-10H2,1H3,(H2,15,16,18)/p+1. The molecule has 0 atom stereocenters. The van der Waals surface area contributed by atoms with Gasteiger partial charge in [-0.05, 0) is 24.6 Å². The molecule has 1 aromatic carbocycles. The lowest BCUT2D eigenvalue weighted by Gasteiger charge is -2.23. The topological polar surface area (TPSA) is 54.8 Å². The molecule has 2 amide bonds. The number of amides is 2. The van der Waals surface area contributed by atoms with Gasteiger partial charge in [0, 0.05) is 5.69 Å². The van der Waals surface area contributed by atoms with Crippen LogP contribution in [-0.4, -0.2) is 45.4 Å². The summed E-state index contributed by atoms with van der Waals surface area (Å²) >= 11 is 0. The number of aryl methyl sites for hydroxylation is 1. The molecule has 0 aliphatic carbocycles. The second-order valence-electron chi connectivity index (χ2n) is 4.86. The van der Waals surface area contributed by atoms with E-state index in [0.717, 1.165) is 44.1 Å². The quantitative estimate of drug-likeness (QED) is 0.719. The Hall–Kier alpha value is -1.59. The van der Waals surface area contributed by atoms with Crippen LogP contribution in [0, 0.1) is 6.92 Å². The molecule has 1 saturated heterocycles. The van der Waals surface area contributed by atoms with Crippen molar-refractivity contribution < 1.29 is 14.4 Å². The molecule has 104 valence electrons. The normalized spacial score (nSPS) is 16.1. The Labute approximate surface area is 113 Å². The van der Waals surface area contributed by atoms with Gasteiger partial charge < -0.3 is 20.3 Å². The predicted octanol–water partition coefficient (Wildman–Crippen LogP) is 0.0316. The molecule has 5 nitrogen and oxygen atoms in total. The van der Waals surface area contributed by atoms with Crippen molar-refractivity contribution in [2.24, 2.45) is 0 Å². The highest BCUT2D eigenvalue weighted by molar-refractivity contribution is 5.89.